The maximum Gasteiger partial charge on any atom is 0.256 e. The second kappa shape index (κ2) is 11.6. The molecule has 0 aromatic heterocycles. The van der Waals surface area contributed by atoms with E-state index < -0.39 is 0 Å². The van der Waals surface area contributed by atoms with Gasteiger partial charge in [0, 0.05) is 30.9 Å². The monoisotopic (exact) mass is 456 g/mol. The molecule has 0 spiro atoms. The second-order valence-electron chi connectivity index (χ2n) is 8.70. The highest BCUT2D eigenvalue weighted by molar-refractivity contribution is 6.29. The fourth-order valence-electron chi connectivity index (χ4n) is 3.89. The van der Waals surface area contributed by atoms with Gasteiger partial charge in [-0.3, -0.25) is 9.69 Å². The summed E-state index contributed by atoms with van der Waals surface area (Å²) in [6.07, 6.45) is 2.03. The first-order valence-electron chi connectivity index (χ1n) is 11.8. The van der Waals surface area contributed by atoms with Crippen molar-refractivity contribution in [1.29, 1.82) is 0 Å². The lowest BCUT2D eigenvalue weighted by Crippen LogP contribution is -2.35. The summed E-state index contributed by atoms with van der Waals surface area (Å²) in [5.74, 6) is 0.671. The van der Waals surface area contributed by atoms with Crippen LogP contribution in [-0.4, -0.2) is 43.2 Å². The normalized spacial score (nSPS) is 14.7. The maximum atomic E-state index is 13.3. The van der Waals surface area contributed by atoms with E-state index in [1.54, 1.807) is 0 Å². The number of nitrogens with zero attached hydrogens (tertiary/aromatic N) is 1. The summed E-state index contributed by atoms with van der Waals surface area (Å²) < 4.78 is 11.2. The van der Waals surface area contributed by atoms with Crippen LogP contribution < -0.4 is 10.1 Å². The van der Waals surface area contributed by atoms with Gasteiger partial charge in [0.05, 0.1) is 19.3 Å². The maximum absolute atomic E-state index is 13.3. The number of benzene rings is 3. The average molecular weight is 457 g/mol. The van der Waals surface area contributed by atoms with Crippen LogP contribution in [0.1, 0.15) is 30.5 Å². The molecule has 1 saturated heterocycles. The van der Waals surface area contributed by atoms with Gasteiger partial charge < -0.3 is 14.8 Å². The molecule has 1 fully saturated rings. The highest BCUT2D eigenvalue weighted by atomic mass is 16.5. The Morgan fingerprint density at radius 2 is 1.65 bits per heavy atom. The molecule has 1 amide bonds. The van der Waals surface area contributed by atoms with Gasteiger partial charge in [-0.15, -0.1) is 0 Å². The number of amides is 1. The molecule has 1 heterocycles. The Labute approximate surface area is 202 Å². The zero-order valence-electron chi connectivity index (χ0n) is 19.9. The third-order valence-electron chi connectivity index (χ3n) is 5.61. The standard InChI is InChI=1S/C29H32N2O3/c1-22(2)34-27-14-10-23(11-15-27)20-28(25-6-4-3-5-7-25)29(32)30-26-12-8-24(9-13-26)21-31-16-18-33-19-17-31/h3-15,20,22H,16-19,21H2,1-2H3,(H,30,32)/b28-20+. The lowest BCUT2D eigenvalue weighted by molar-refractivity contribution is -0.111. The fourth-order valence-corrected chi connectivity index (χ4v) is 3.89. The number of hydrogen-bond acceptors (Lipinski definition) is 4. The zero-order chi connectivity index (χ0) is 23.8. The molecule has 1 N–H and O–H groups in total. The first-order chi connectivity index (χ1) is 16.6. The van der Waals surface area contributed by atoms with Gasteiger partial charge in [0.25, 0.3) is 5.91 Å². The van der Waals surface area contributed by atoms with Crippen LogP contribution in [0.4, 0.5) is 5.69 Å². The first kappa shape index (κ1) is 23.7. The molecule has 34 heavy (non-hydrogen) atoms. The molecule has 5 heteroatoms. The molecular formula is C29H32N2O3. The van der Waals surface area contributed by atoms with Crippen molar-refractivity contribution in [2.45, 2.75) is 26.5 Å². The first-order valence-corrected chi connectivity index (χ1v) is 11.8. The summed E-state index contributed by atoms with van der Waals surface area (Å²) in [7, 11) is 0. The van der Waals surface area contributed by atoms with E-state index in [1.165, 1.54) is 5.56 Å². The van der Waals surface area contributed by atoms with E-state index in [9.17, 15) is 4.79 Å². The lowest BCUT2D eigenvalue weighted by Gasteiger charge is -2.26. The fraction of sp³-hybridized carbons (Fsp3) is 0.276. The van der Waals surface area contributed by atoms with E-state index in [0.29, 0.717) is 5.57 Å². The Kier molecular flexibility index (Phi) is 8.12. The molecule has 1 aliphatic rings. The highest BCUT2D eigenvalue weighted by Crippen LogP contribution is 2.23. The van der Waals surface area contributed by atoms with E-state index >= 15 is 0 Å². The Hall–Kier alpha value is -3.41. The summed E-state index contributed by atoms with van der Waals surface area (Å²) in [5.41, 5.74) is 4.41. The smallest absolute Gasteiger partial charge is 0.256 e. The minimum absolute atomic E-state index is 0.118. The Balaban J connectivity index is 1.49. The van der Waals surface area contributed by atoms with Crippen molar-refractivity contribution in [3.63, 3.8) is 0 Å². The number of carbonyl (C=O) groups excluding carboxylic acids is 1. The summed E-state index contributed by atoms with van der Waals surface area (Å²) in [6, 6.07) is 25.6. The molecule has 4 rings (SSSR count). The number of carbonyl (C=O) groups is 1. The molecule has 0 atom stereocenters. The predicted molar refractivity (Wildman–Crippen MR) is 138 cm³/mol. The van der Waals surface area contributed by atoms with Crippen LogP contribution in [0.2, 0.25) is 0 Å². The number of anilines is 1. The van der Waals surface area contributed by atoms with Crippen LogP contribution in [-0.2, 0) is 16.1 Å². The minimum Gasteiger partial charge on any atom is -0.491 e. The van der Waals surface area contributed by atoms with Gasteiger partial charge in [0.2, 0.25) is 0 Å². The lowest BCUT2D eigenvalue weighted by atomic mass is 10.0. The highest BCUT2D eigenvalue weighted by Gasteiger charge is 2.14. The van der Waals surface area contributed by atoms with E-state index in [4.69, 9.17) is 9.47 Å². The molecule has 0 saturated carbocycles. The molecule has 1 aliphatic heterocycles. The minimum atomic E-state index is -0.144. The van der Waals surface area contributed by atoms with Crippen LogP contribution in [0.25, 0.3) is 11.6 Å². The van der Waals surface area contributed by atoms with Gasteiger partial charge in [-0.25, -0.2) is 0 Å². The summed E-state index contributed by atoms with van der Waals surface area (Å²) in [4.78, 5) is 15.7. The predicted octanol–water partition coefficient (Wildman–Crippen LogP) is 5.49. The molecule has 0 aliphatic carbocycles. The van der Waals surface area contributed by atoms with Gasteiger partial charge >= 0.3 is 0 Å². The second-order valence-corrected chi connectivity index (χ2v) is 8.70. The third kappa shape index (κ3) is 6.80. The van der Waals surface area contributed by atoms with Gasteiger partial charge in [0.1, 0.15) is 5.75 Å². The van der Waals surface area contributed by atoms with Crippen molar-refractivity contribution < 1.29 is 14.3 Å². The van der Waals surface area contributed by atoms with Crippen LogP contribution in [0.15, 0.2) is 78.9 Å². The van der Waals surface area contributed by atoms with Crippen LogP contribution >= 0.6 is 0 Å². The SMILES string of the molecule is CC(C)Oc1ccc(/C=C(/C(=O)Nc2ccc(CN3CCOCC3)cc2)c2ccccc2)cc1. The Morgan fingerprint density at radius 1 is 0.971 bits per heavy atom. The van der Waals surface area contributed by atoms with Crippen molar-refractivity contribution in [2.24, 2.45) is 0 Å². The number of hydrogen-bond donors (Lipinski definition) is 1. The largest absolute Gasteiger partial charge is 0.491 e. The number of morpholine rings is 1. The summed E-state index contributed by atoms with van der Waals surface area (Å²) >= 11 is 0. The van der Waals surface area contributed by atoms with Gasteiger partial charge in [0.15, 0.2) is 0 Å². The molecule has 0 unspecified atom stereocenters. The summed E-state index contributed by atoms with van der Waals surface area (Å²) in [5, 5.41) is 3.06. The van der Waals surface area contributed by atoms with Gasteiger partial charge in [-0.05, 0) is 60.9 Å². The quantitative estimate of drug-likeness (QED) is 0.360. The van der Waals surface area contributed by atoms with Crippen LogP contribution in [0.3, 0.4) is 0 Å². The van der Waals surface area contributed by atoms with Crippen molar-refractivity contribution >= 4 is 23.2 Å². The zero-order valence-corrected chi connectivity index (χ0v) is 19.9. The Bertz CT molecular complexity index is 1080. The van der Waals surface area contributed by atoms with Crippen molar-refractivity contribution in [3.05, 3.63) is 95.6 Å². The van der Waals surface area contributed by atoms with Crippen LogP contribution in [0, 0.1) is 0 Å². The molecule has 0 bridgehead atoms. The topological polar surface area (TPSA) is 50.8 Å². The van der Waals surface area contributed by atoms with E-state index in [-0.39, 0.29) is 12.0 Å². The molecular weight excluding hydrogens is 424 g/mol. The molecule has 3 aromatic carbocycles. The Morgan fingerprint density at radius 3 is 2.29 bits per heavy atom. The van der Waals surface area contributed by atoms with Crippen molar-refractivity contribution in [3.8, 4) is 5.75 Å². The molecule has 5 nitrogen and oxygen atoms in total. The van der Waals surface area contributed by atoms with Crippen molar-refractivity contribution in [2.75, 3.05) is 31.6 Å². The van der Waals surface area contributed by atoms with Crippen molar-refractivity contribution in [1.82, 2.24) is 4.90 Å². The molecule has 176 valence electrons. The molecule has 0 radical (unpaired) electrons. The average Bonchev–Trinajstić information content (AvgIpc) is 2.85. The van der Waals surface area contributed by atoms with E-state index in [0.717, 1.165) is 55.4 Å². The van der Waals surface area contributed by atoms with Crippen LogP contribution in [0.5, 0.6) is 5.75 Å². The van der Waals surface area contributed by atoms with E-state index in [2.05, 4.69) is 22.3 Å². The van der Waals surface area contributed by atoms with Gasteiger partial charge in [-0.1, -0.05) is 54.6 Å². The van der Waals surface area contributed by atoms with E-state index in [1.807, 2.05) is 86.7 Å². The number of ether oxygens (including phenoxy) is 2. The number of rotatable bonds is 8. The van der Waals surface area contributed by atoms with Gasteiger partial charge in [-0.2, -0.15) is 0 Å². The molecule has 3 aromatic rings. The third-order valence-corrected chi connectivity index (χ3v) is 5.61. The number of nitrogens with one attached hydrogen (secondary N) is 1. The summed E-state index contributed by atoms with van der Waals surface area (Å²) in [6.45, 7) is 8.37.